The number of thiazole rings is 1. The molecule has 22 heavy (non-hydrogen) atoms. The smallest absolute Gasteiger partial charge is 0.227 e. The zero-order chi connectivity index (χ0) is 15.5. The highest BCUT2D eigenvalue weighted by Crippen LogP contribution is 2.38. The number of halogens is 2. The van der Waals surface area contributed by atoms with Crippen molar-refractivity contribution >= 4 is 51.8 Å². The third kappa shape index (κ3) is 3.70. The lowest BCUT2D eigenvalue weighted by Crippen LogP contribution is -2.24. The number of rotatable bonds is 5. The van der Waals surface area contributed by atoms with Gasteiger partial charge in [-0.15, -0.1) is 22.7 Å². The summed E-state index contributed by atoms with van der Waals surface area (Å²) in [6.45, 7) is 0.371. The Morgan fingerprint density at radius 1 is 1.41 bits per heavy atom. The molecule has 4 nitrogen and oxygen atoms in total. The molecule has 3 heterocycles. The van der Waals surface area contributed by atoms with Crippen LogP contribution in [0.15, 0.2) is 34.3 Å². The van der Waals surface area contributed by atoms with Gasteiger partial charge < -0.3 is 9.73 Å². The summed E-state index contributed by atoms with van der Waals surface area (Å²) in [6.07, 6.45) is 1.80. The minimum absolute atomic E-state index is 0.105. The van der Waals surface area contributed by atoms with E-state index in [1.807, 2.05) is 11.4 Å². The largest absolute Gasteiger partial charge is 0.467 e. The Hall–Kier alpha value is -1.34. The molecule has 0 fully saturated rings. The first kappa shape index (κ1) is 15.6. The van der Waals surface area contributed by atoms with Gasteiger partial charge in [0, 0.05) is 10.9 Å². The number of amides is 1. The van der Waals surface area contributed by atoms with Crippen molar-refractivity contribution in [3.63, 3.8) is 0 Å². The zero-order valence-corrected chi connectivity index (χ0v) is 14.3. The van der Waals surface area contributed by atoms with Gasteiger partial charge >= 0.3 is 0 Å². The Morgan fingerprint density at radius 3 is 2.95 bits per heavy atom. The molecular weight excluding hydrogens is 363 g/mol. The highest BCUT2D eigenvalue weighted by molar-refractivity contribution is 7.20. The van der Waals surface area contributed by atoms with Crippen LogP contribution in [0.2, 0.25) is 8.67 Å². The second kappa shape index (κ2) is 6.83. The predicted molar refractivity (Wildman–Crippen MR) is 89.7 cm³/mol. The van der Waals surface area contributed by atoms with Crippen LogP contribution in [0.5, 0.6) is 0 Å². The van der Waals surface area contributed by atoms with Gasteiger partial charge in [0.15, 0.2) is 0 Å². The molecule has 0 aromatic carbocycles. The maximum Gasteiger partial charge on any atom is 0.227 e. The highest BCUT2D eigenvalue weighted by atomic mass is 35.5. The maximum absolute atomic E-state index is 11.9. The van der Waals surface area contributed by atoms with E-state index in [1.54, 1.807) is 18.4 Å². The van der Waals surface area contributed by atoms with E-state index in [0.717, 1.165) is 16.3 Å². The minimum Gasteiger partial charge on any atom is -0.467 e. The lowest BCUT2D eigenvalue weighted by molar-refractivity contribution is -0.120. The summed E-state index contributed by atoms with van der Waals surface area (Å²) in [4.78, 5) is 16.3. The van der Waals surface area contributed by atoms with Crippen molar-refractivity contribution in [2.75, 3.05) is 0 Å². The number of carbonyl (C=O) groups excluding carboxylic acids is 1. The second-order valence-electron chi connectivity index (χ2n) is 4.40. The van der Waals surface area contributed by atoms with E-state index >= 15 is 0 Å². The molecule has 3 aromatic rings. The molecule has 1 N–H and O–H groups in total. The van der Waals surface area contributed by atoms with E-state index < -0.39 is 0 Å². The fourth-order valence-corrected chi connectivity index (χ4v) is 4.10. The van der Waals surface area contributed by atoms with Crippen LogP contribution in [0.1, 0.15) is 10.8 Å². The van der Waals surface area contributed by atoms with Gasteiger partial charge in [0.05, 0.1) is 29.3 Å². The Balaban J connectivity index is 1.61. The topological polar surface area (TPSA) is 55.1 Å². The van der Waals surface area contributed by atoms with Gasteiger partial charge in [-0.25, -0.2) is 4.98 Å². The van der Waals surface area contributed by atoms with Crippen LogP contribution >= 0.6 is 45.9 Å². The summed E-state index contributed by atoms with van der Waals surface area (Å²) < 4.78 is 6.38. The van der Waals surface area contributed by atoms with Crippen molar-refractivity contribution < 1.29 is 9.21 Å². The quantitative estimate of drug-likeness (QED) is 0.710. The summed E-state index contributed by atoms with van der Waals surface area (Å²) >= 11 is 14.8. The van der Waals surface area contributed by atoms with Crippen molar-refractivity contribution in [1.82, 2.24) is 10.3 Å². The Labute approximate surface area is 144 Å². The first-order valence-corrected chi connectivity index (χ1v) is 8.75. The zero-order valence-electron chi connectivity index (χ0n) is 11.1. The summed E-state index contributed by atoms with van der Waals surface area (Å²) in [5.41, 5.74) is 1.54. The first-order chi connectivity index (χ1) is 10.6. The fraction of sp³-hybridized carbons (Fsp3) is 0.143. The van der Waals surface area contributed by atoms with Crippen molar-refractivity contribution in [1.29, 1.82) is 0 Å². The van der Waals surface area contributed by atoms with Gasteiger partial charge in [0.25, 0.3) is 0 Å². The average Bonchev–Trinajstić information content (AvgIpc) is 3.18. The van der Waals surface area contributed by atoms with Crippen LogP contribution in [-0.2, 0) is 17.8 Å². The third-order valence-electron chi connectivity index (χ3n) is 2.84. The molecule has 1 amide bonds. The normalized spacial score (nSPS) is 10.8. The van der Waals surface area contributed by atoms with Gasteiger partial charge in [0.1, 0.15) is 15.1 Å². The van der Waals surface area contributed by atoms with Crippen molar-refractivity contribution in [3.8, 4) is 11.3 Å². The molecule has 3 aromatic heterocycles. The standard InChI is InChI=1S/C14H10Cl2N2O2S2/c15-11-4-9(14(16)22-11)10-7-21-13(18-10)5-12(19)17-6-8-2-1-3-20-8/h1-4,7H,5-6H2,(H,17,19). The summed E-state index contributed by atoms with van der Waals surface area (Å²) in [7, 11) is 0. The number of hydrogen-bond acceptors (Lipinski definition) is 5. The SMILES string of the molecule is O=C(Cc1nc(-c2cc(Cl)sc2Cl)cs1)NCc1ccco1. The first-order valence-electron chi connectivity index (χ1n) is 6.30. The van der Waals surface area contributed by atoms with Crippen LogP contribution in [0.3, 0.4) is 0 Å². The molecule has 0 radical (unpaired) electrons. The van der Waals surface area contributed by atoms with E-state index in [-0.39, 0.29) is 12.3 Å². The van der Waals surface area contributed by atoms with E-state index in [4.69, 9.17) is 27.6 Å². The van der Waals surface area contributed by atoms with Crippen LogP contribution in [0.4, 0.5) is 0 Å². The van der Waals surface area contributed by atoms with Crippen LogP contribution in [-0.4, -0.2) is 10.9 Å². The number of thiophene rings is 1. The molecular formula is C14H10Cl2N2O2S2. The molecule has 0 spiro atoms. The molecule has 0 saturated heterocycles. The summed E-state index contributed by atoms with van der Waals surface area (Å²) in [5, 5.41) is 5.39. The molecule has 0 unspecified atom stereocenters. The maximum atomic E-state index is 11.9. The summed E-state index contributed by atoms with van der Waals surface area (Å²) in [6, 6.07) is 5.37. The minimum atomic E-state index is -0.105. The van der Waals surface area contributed by atoms with Crippen LogP contribution in [0, 0.1) is 0 Å². The monoisotopic (exact) mass is 372 g/mol. The van der Waals surface area contributed by atoms with Crippen molar-refractivity contribution in [3.05, 3.63) is 49.3 Å². The number of nitrogens with zero attached hydrogens (tertiary/aromatic N) is 1. The lowest BCUT2D eigenvalue weighted by atomic mass is 10.3. The van der Waals surface area contributed by atoms with E-state index in [1.165, 1.54) is 22.7 Å². The van der Waals surface area contributed by atoms with Gasteiger partial charge in [0.2, 0.25) is 5.91 Å². The number of aromatic nitrogens is 1. The molecule has 114 valence electrons. The van der Waals surface area contributed by atoms with Gasteiger partial charge in [-0.3, -0.25) is 4.79 Å². The van der Waals surface area contributed by atoms with Crippen molar-refractivity contribution in [2.45, 2.75) is 13.0 Å². The predicted octanol–water partition coefficient (Wildman–Crippen LogP) is 4.63. The van der Waals surface area contributed by atoms with Crippen LogP contribution in [0.25, 0.3) is 11.3 Å². The molecule has 0 atom stereocenters. The second-order valence-corrected chi connectivity index (χ2v) is 7.63. The van der Waals surface area contributed by atoms with Crippen molar-refractivity contribution in [2.24, 2.45) is 0 Å². The number of carbonyl (C=O) groups is 1. The highest BCUT2D eigenvalue weighted by Gasteiger charge is 2.13. The van der Waals surface area contributed by atoms with Gasteiger partial charge in [-0.1, -0.05) is 23.2 Å². The molecule has 0 aliphatic heterocycles. The van der Waals surface area contributed by atoms with Gasteiger partial charge in [-0.05, 0) is 18.2 Å². The average molecular weight is 373 g/mol. The molecule has 0 aliphatic carbocycles. The lowest BCUT2D eigenvalue weighted by Gasteiger charge is -2.00. The molecule has 0 saturated carbocycles. The van der Waals surface area contributed by atoms with E-state index in [9.17, 15) is 4.79 Å². The van der Waals surface area contributed by atoms with E-state index in [0.29, 0.717) is 21.0 Å². The number of furan rings is 1. The molecule has 3 rings (SSSR count). The van der Waals surface area contributed by atoms with Crippen LogP contribution < -0.4 is 5.32 Å². The Bertz CT molecular complexity index is 781. The molecule has 8 heteroatoms. The molecule has 0 bridgehead atoms. The third-order valence-corrected chi connectivity index (χ3v) is 5.17. The molecule has 0 aliphatic rings. The Morgan fingerprint density at radius 2 is 2.27 bits per heavy atom. The Kier molecular flexibility index (Phi) is 4.83. The summed E-state index contributed by atoms with van der Waals surface area (Å²) in [5.74, 6) is 0.611. The van der Waals surface area contributed by atoms with Gasteiger partial charge in [-0.2, -0.15) is 0 Å². The number of hydrogen-bond donors (Lipinski definition) is 1. The number of nitrogens with one attached hydrogen (secondary N) is 1. The van der Waals surface area contributed by atoms with E-state index in [2.05, 4.69) is 10.3 Å². The fourth-order valence-electron chi connectivity index (χ4n) is 1.83.